The van der Waals surface area contributed by atoms with Crippen molar-refractivity contribution in [3.8, 4) is 0 Å². The Morgan fingerprint density at radius 3 is 2.15 bits per heavy atom. The molecule has 1 N–H and O–H groups in total. The Labute approximate surface area is 73.8 Å². The molecule has 0 aliphatic carbocycles. The summed E-state index contributed by atoms with van der Waals surface area (Å²) in [4.78, 5) is 0. The molecular formula is C9H9F3O. The third-order valence-corrected chi connectivity index (χ3v) is 1.72. The van der Waals surface area contributed by atoms with Gasteiger partial charge in [-0.25, -0.2) is 0 Å². The van der Waals surface area contributed by atoms with Crippen LogP contribution >= 0.6 is 0 Å². The van der Waals surface area contributed by atoms with Crippen LogP contribution in [0.1, 0.15) is 24.2 Å². The first kappa shape index (κ1) is 10.1. The van der Waals surface area contributed by atoms with E-state index < -0.39 is 17.8 Å². The number of hydrogen-bond donors (Lipinski definition) is 1. The van der Waals surface area contributed by atoms with Crippen molar-refractivity contribution in [1.29, 1.82) is 0 Å². The van der Waals surface area contributed by atoms with Gasteiger partial charge in [0.25, 0.3) is 0 Å². The summed E-state index contributed by atoms with van der Waals surface area (Å²) in [6.45, 7) is 1.31. The molecule has 0 fully saturated rings. The predicted molar refractivity (Wildman–Crippen MR) is 42.1 cm³/mol. The van der Waals surface area contributed by atoms with Crippen LogP contribution in [-0.4, -0.2) is 5.11 Å². The van der Waals surface area contributed by atoms with Crippen LogP contribution in [0.3, 0.4) is 0 Å². The third-order valence-electron chi connectivity index (χ3n) is 1.72. The van der Waals surface area contributed by atoms with E-state index in [2.05, 4.69) is 0 Å². The zero-order chi connectivity index (χ0) is 10.1. The smallest absolute Gasteiger partial charge is 0.389 e. The Hall–Kier alpha value is -1.03. The molecule has 1 unspecified atom stereocenters. The molecule has 13 heavy (non-hydrogen) atoms. The summed E-state index contributed by atoms with van der Waals surface area (Å²) in [5.41, 5.74) is -0.861. The van der Waals surface area contributed by atoms with E-state index in [0.29, 0.717) is 0 Å². The topological polar surface area (TPSA) is 20.2 Å². The molecule has 1 nitrogen and oxygen atoms in total. The first-order valence-corrected chi connectivity index (χ1v) is 3.77. The third kappa shape index (κ3) is 2.21. The molecule has 1 rings (SSSR count). The van der Waals surface area contributed by atoms with E-state index in [1.807, 2.05) is 0 Å². The number of rotatable bonds is 1. The Kier molecular flexibility index (Phi) is 2.61. The second-order valence-corrected chi connectivity index (χ2v) is 2.76. The fourth-order valence-corrected chi connectivity index (χ4v) is 1.12. The van der Waals surface area contributed by atoms with Crippen molar-refractivity contribution in [3.05, 3.63) is 35.4 Å². The van der Waals surface area contributed by atoms with Crippen LogP contribution in [-0.2, 0) is 6.18 Å². The maximum Gasteiger partial charge on any atom is 0.416 e. The van der Waals surface area contributed by atoms with Crippen molar-refractivity contribution in [3.63, 3.8) is 0 Å². The summed E-state index contributed by atoms with van der Waals surface area (Å²) < 4.78 is 36.9. The monoisotopic (exact) mass is 190 g/mol. The molecule has 1 aromatic carbocycles. The van der Waals surface area contributed by atoms with E-state index in [4.69, 9.17) is 5.11 Å². The minimum atomic E-state index is -4.40. The van der Waals surface area contributed by atoms with Crippen LogP contribution in [0.4, 0.5) is 13.2 Å². The first-order valence-electron chi connectivity index (χ1n) is 3.77. The highest BCUT2D eigenvalue weighted by Gasteiger charge is 2.33. The molecule has 0 spiro atoms. The molecule has 4 heteroatoms. The summed E-state index contributed by atoms with van der Waals surface area (Å²) in [7, 11) is 0. The highest BCUT2D eigenvalue weighted by atomic mass is 19.4. The first-order chi connectivity index (χ1) is 5.93. The van der Waals surface area contributed by atoms with Crippen LogP contribution in [0.25, 0.3) is 0 Å². The average molecular weight is 190 g/mol. The largest absolute Gasteiger partial charge is 0.416 e. The summed E-state index contributed by atoms with van der Waals surface area (Å²) in [5.74, 6) is 0. The van der Waals surface area contributed by atoms with Gasteiger partial charge in [-0.2, -0.15) is 13.2 Å². The number of benzene rings is 1. The molecule has 72 valence electrons. The van der Waals surface area contributed by atoms with E-state index in [-0.39, 0.29) is 5.56 Å². The summed E-state index contributed by atoms with van der Waals surface area (Å²) >= 11 is 0. The lowest BCUT2D eigenvalue weighted by atomic mass is 10.0. The lowest BCUT2D eigenvalue weighted by Gasteiger charge is -2.13. The fraction of sp³-hybridized carbons (Fsp3) is 0.333. The standard InChI is InChI=1S/C9H9F3O/c1-6(13)7-4-2-3-5-8(7)9(10,11)12/h2-6,13H,1H3. The Balaban J connectivity index is 3.20. The van der Waals surface area contributed by atoms with E-state index >= 15 is 0 Å². The van der Waals surface area contributed by atoms with Gasteiger partial charge in [0, 0.05) is 0 Å². The fourth-order valence-electron chi connectivity index (χ4n) is 1.12. The van der Waals surface area contributed by atoms with E-state index in [0.717, 1.165) is 6.07 Å². The van der Waals surface area contributed by atoms with Crippen molar-refractivity contribution in [2.24, 2.45) is 0 Å². The molecule has 0 aromatic heterocycles. The number of aliphatic hydroxyl groups excluding tert-OH is 1. The van der Waals surface area contributed by atoms with Gasteiger partial charge in [-0.3, -0.25) is 0 Å². The second-order valence-electron chi connectivity index (χ2n) is 2.76. The molecule has 1 aromatic rings. The Bertz CT molecular complexity index is 291. The number of hydrogen-bond acceptors (Lipinski definition) is 1. The van der Waals surface area contributed by atoms with E-state index in [1.54, 1.807) is 0 Å². The van der Waals surface area contributed by atoms with Gasteiger partial charge in [-0.1, -0.05) is 18.2 Å². The molecule has 0 heterocycles. The normalized spacial score (nSPS) is 14.2. The zero-order valence-corrected chi connectivity index (χ0v) is 6.97. The van der Waals surface area contributed by atoms with Crippen LogP contribution in [0.2, 0.25) is 0 Å². The minimum absolute atomic E-state index is 0.0880. The molecule has 0 saturated heterocycles. The molecule has 0 amide bonds. The van der Waals surface area contributed by atoms with Gasteiger partial charge in [-0.15, -0.1) is 0 Å². The zero-order valence-electron chi connectivity index (χ0n) is 6.97. The van der Waals surface area contributed by atoms with Crippen molar-refractivity contribution in [1.82, 2.24) is 0 Å². The maximum absolute atomic E-state index is 12.3. The Morgan fingerprint density at radius 1 is 1.23 bits per heavy atom. The van der Waals surface area contributed by atoms with Gasteiger partial charge in [-0.05, 0) is 18.6 Å². The molecular weight excluding hydrogens is 181 g/mol. The van der Waals surface area contributed by atoms with Gasteiger partial charge in [0.15, 0.2) is 0 Å². The minimum Gasteiger partial charge on any atom is -0.389 e. The van der Waals surface area contributed by atoms with Crippen molar-refractivity contribution in [2.75, 3.05) is 0 Å². The Morgan fingerprint density at radius 2 is 1.77 bits per heavy atom. The van der Waals surface area contributed by atoms with Crippen LogP contribution < -0.4 is 0 Å². The van der Waals surface area contributed by atoms with Crippen molar-refractivity contribution in [2.45, 2.75) is 19.2 Å². The highest BCUT2D eigenvalue weighted by Crippen LogP contribution is 2.34. The second kappa shape index (κ2) is 3.38. The van der Waals surface area contributed by atoms with Gasteiger partial charge >= 0.3 is 6.18 Å². The molecule has 0 radical (unpaired) electrons. The van der Waals surface area contributed by atoms with Crippen LogP contribution in [0.5, 0.6) is 0 Å². The predicted octanol–water partition coefficient (Wildman–Crippen LogP) is 2.76. The number of aliphatic hydroxyl groups is 1. The molecule has 1 atom stereocenters. The highest BCUT2D eigenvalue weighted by molar-refractivity contribution is 5.30. The number of halogens is 3. The van der Waals surface area contributed by atoms with Crippen LogP contribution in [0, 0.1) is 0 Å². The van der Waals surface area contributed by atoms with Gasteiger partial charge in [0.05, 0.1) is 11.7 Å². The van der Waals surface area contributed by atoms with Gasteiger partial charge < -0.3 is 5.11 Å². The van der Waals surface area contributed by atoms with E-state index in [1.165, 1.54) is 25.1 Å². The molecule has 0 aliphatic rings. The molecule has 0 saturated carbocycles. The summed E-state index contributed by atoms with van der Waals surface area (Å²) in [6.07, 6.45) is -5.49. The molecule has 0 bridgehead atoms. The SMILES string of the molecule is CC(O)c1ccccc1C(F)(F)F. The van der Waals surface area contributed by atoms with Crippen LogP contribution in [0.15, 0.2) is 24.3 Å². The van der Waals surface area contributed by atoms with E-state index in [9.17, 15) is 13.2 Å². The van der Waals surface area contributed by atoms with Gasteiger partial charge in [0.1, 0.15) is 0 Å². The quantitative estimate of drug-likeness (QED) is 0.721. The van der Waals surface area contributed by atoms with Crippen molar-refractivity contribution >= 4 is 0 Å². The summed E-state index contributed by atoms with van der Waals surface area (Å²) in [6, 6.07) is 5.00. The van der Waals surface area contributed by atoms with Gasteiger partial charge in [0.2, 0.25) is 0 Å². The number of alkyl halides is 3. The maximum atomic E-state index is 12.3. The average Bonchev–Trinajstić information content (AvgIpc) is 2.03. The lowest BCUT2D eigenvalue weighted by Crippen LogP contribution is -2.10. The van der Waals surface area contributed by atoms with Crippen molar-refractivity contribution < 1.29 is 18.3 Å². The lowest BCUT2D eigenvalue weighted by molar-refractivity contribution is -0.139. The molecule has 0 aliphatic heterocycles. The summed E-state index contributed by atoms with van der Waals surface area (Å²) in [5, 5.41) is 9.07.